The molecule has 0 heterocycles. The van der Waals surface area contributed by atoms with Crippen molar-refractivity contribution < 1.29 is 14.3 Å². The third-order valence-electron chi connectivity index (χ3n) is 4.89. The van der Waals surface area contributed by atoms with Gasteiger partial charge in [0.15, 0.2) is 0 Å². The number of methoxy groups -OCH3 is 1. The molecule has 0 radical (unpaired) electrons. The van der Waals surface area contributed by atoms with E-state index in [4.69, 9.17) is 10.5 Å². The lowest BCUT2D eigenvalue weighted by Crippen LogP contribution is -2.46. The van der Waals surface area contributed by atoms with Gasteiger partial charge in [-0.25, -0.2) is 4.79 Å². The van der Waals surface area contributed by atoms with Crippen molar-refractivity contribution >= 4 is 42.0 Å². The molecular weight excluding hydrogens is 430 g/mol. The molecule has 2 aromatic rings. The van der Waals surface area contributed by atoms with Gasteiger partial charge in [-0.15, -0.1) is 0 Å². The average Bonchev–Trinajstić information content (AvgIpc) is 2.80. The zero-order valence-corrected chi connectivity index (χ0v) is 19.8. The highest BCUT2D eigenvalue weighted by Crippen LogP contribution is 2.27. The third kappa shape index (κ3) is 7.19. The van der Waals surface area contributed by atoms with E-state index in [0.717, 1.165) is 22.6 Å². The highest BCUT2D eigenvalue weighted by Gasteiger charge is 2.28. The molecule has 0 aliphatic heterocycles. The Morgan fingerprint density at radius 2 is 1.90 bits per heavy atom. The largest absolute Gasteiger partial charge is 0.467 e. The van der Waals surface area contributed by atoms with Gasteiger partial charge in [-0.3, -0.25) is 4.79 Å². The lowest BCUT2D eigenvalue weighted by Gasteiger charge is -2.23. The van der Waals surface area contributed by atoms with Crippen LogP contribution >= 0.6 is 24.4 Å². The molecule has 2 aromatic carbocycles. The fourth-order valence-electron chi connectivity index (χ4n) is 3.16. The summed E-state index contributed by atoms with van der Waals surface area (Å²) in [6, 6.07) is 14.4. The Morgan fingerprint density at radius 1 is 1.19 bits per heavy atom. The number of hydrogen-bond acceptors (Lipinski definition) is 7. The van der Waals surface area contributed by atoms with Crippen LogP contribution < -0.4 is 16.4 Å². The number of nitrogens with one attached hydrogen (secondary N) is 2. The zero-order valence-electron chi connectivity index (χ0n) is 18.1. The molecule has 1 amide bonds. The van der Waals surface area contributed by atoms with Crippen LogP contribution in [0.25, 0.3) is 11.1 Å². The molecule has 0 bridgehead atoms. The summed E-state index contributed by atoms with van der Waals surface area (Å²) in [5.41, 5.74) is 8.96. The molecule has 0 aromatic heterocycles. The van der Waals surface area contributed by atoms with Gasteiger partial charge >= 0.3 is 5.97 Å². The van der Waals surface area contributed by atoms with Gasteiger partial charge < -0.3 is 21.1 Å². The van der Waals surface area contributed by atoms with E-state index in [1.807, 2.05) is 55.6 Å². The van der Waals surface area contributed by atoms with E-state index >= 15 is 0 Å². The highest BCUT2D eigenvalue weighted by atomic mass is 32.2. The molecule has 0 saturated carbocycles. The Hall–Kier alpha value is -2.16. The van der Waals surface area contributed by atoms with Crippen LogP contribution in [0.3, 0.4) is 0 Å². The number of anilines is 1. The molecule has 4 N–H and O–H groups in total. The molecule has 0 aliphatic carbocycles. The zero-order chi connectivity index (χ0) is 22.8. The molecule has 0 saturated heterocycles. The standard InChI is InChI=1S/C23H31N3O3S2/c1-15(14-31-3)21(23(28)29-2)26-22(27)19-10-9-18(25-12-17(24)13-30)11-20(19)16-7-5-4-6-8-16/h4-11,15,17,21,25,30H,12-14,24H2,1-3H3,(H,26,27)/t15?,17?,21-/m0/s1. The predicted molar refractivity (Wildman–Crippen MR) is 133 cm³/mol. The van der Waals surface area contributed by atoms with E-state index in [0.29, 0.717) is 17.9 Å². The van der Waals surface area contributed by atoms with Gasteiger partial charge in [-0.1, -0.05) is 37.3 Å². The summed E-state index contributed by atoms with van der Waals surface area (Å²) in [6.45, 7) is 2.49. The number of benzene rings is 2. The van der Waals surface area contributed by atoms with Crippen molar-refractivity contribution in [1.29, 1.82) is 0 Å². The summed E-state index contributed by atoms with van der Waals surface area (Å²) in [4.78, 5) is 25.5. The van der Waals surface area contributed by atoms with Gasteiger partial charge in [0.1, 0.15) is 6.04 Å². The van der Waals surface area contributed by atoms with Crippen molar-refractivity contribution in [2.75, 3.05) is 36.7 Å². The lowest BCUT2D eigenvalue weighted by molar-refractivity contribution is -0.144. The predicted octanol–water partition coefficient (Wildman–Crippen LogP) is 3.29. The summed E-state index contributed by atoms with van der Waals surface area (Å²) >= 11 is 5.83. The molecule has 8 heteroatoms. The van der Waals surface area contributed by atoms with Crippen LogP contribution in [-0.4, -0.2) is 55.4 Å². The van der Waals surface area contributed by atoms with Crippen LogP contribution in [0.2, 0.25) is 0 Å². The molecule has 0 fully saturated rings. The number of thiol groups is 1. The maximum Gasteiger partial charge on any atom is 0.328 e. The van der Waals surface area contributed by atoms with Crippen LogP contribution in [0.15, 0.2) is 48.5 Å². The minimum absolute atomic E-state index is 0.0739. The van der Waals surface area contributed by atoms with Crippen molar-refractivity contribution in [1.82, 2.24) is 5.32 Å². The Kier molecular flexibility index (Phi) is 10.2. The van der Waals surface area contributed by atoms with Crippen LogP contribution in [0.1, 0.15) is 17.3 Å². The normalized spacial score (nSPS) is 13.7. The number of carbonyl (C=O) groups is 2. The molecular formula is C23H31N3O3S2. The number of amides is 1. The Labute approximate surface area is 194 Å². The second-order valence-corrected chi connectivity index (χ2v) is 8.63. The summed E-state index contributed by atoms with van der Waals surface area (Å²) in [7, 11) is 1.33. The molecule has 6 nitrogen and oxygen atoms in total. The number of thioether (sulfide) groups is 1. The first-order chi connectivity index (χ1) is 14.9. The molecule has 168 valence electrons. The van der Waals surface area contributed by atoms with Crippen molar-refractivity contribution in [2.24, 2.45) is 11.7 Å². The summed E-state index contributed by atoms with van der Waals surface area (Å²) < 4.78 is 4.92. The van der Waals surface area contributed by atoms with E-state index in [9.17, 15) is 9.59 Å². The number of rotatable bonds is 11. The fourth-order valence-corrected chi connectivity index (χ4v) is 4.01. The minimum atomic E-state index is -0.722. The maximum absolute atomic E-state index is 13.2. The average molecular weight is 462 g/mol. The number of hydrogen-bond donors (Lipinski definition) is 4. The van der Waals surface area contributed by atoms with Crippen molar-refractivity contribution in [2.45, 2.75) is 19.0 Å². The van der Waals surface area contributed by atoms with Crippen LogP contribution in [0.5, 0.6) is 0 Å². The third-order valence-corrected chi connectivity index (χ3v) is 6.22. The van der Waals surface area contributed by atoms with Crippen LogP contribution in [0, 0.1) is 5.92 Å². The summed E-state index contributed by atoms with van der Waals surface area (Å²) in [6.07, 6.45) is 1.96. The fraction of sp³-hybridized carbons (Fsp3) is 0.391. The smallest absolute Gasteiger partial charge is 0.328 e. The number of esters is 1. The first-order valence-electron chi connectivity index (χ1n) is 10.1. The molecule has 2 rings (SSSR count). The summed E-state index contributed by atoms with van der Waals surface area (Å²) in [5.74, 6) is 0.452. The number of ether oxygens (including phenoxy) is 1. The van der Waals surface area contributed by atoms with E-state index in [2.05, 4.69) is 23.3 Å². The number of nitrogens with two attached hydrogens (primary N) is 1. The van der Waals surface area contributed by atoms with E-state index in [1.165, 1.54) is 7.11 Å². The second kappa shape index (κ2) is 12.6. The molecule has 31 heavy (non-hydrogen) atoms. The quantitative estimate of drug-likeness (QED) is 0.303. The Morgan fingerprint density at radius 3 is 2.52 bits per heavy atom. The SMILES string of the molecule is COC(=O)[C@@H](NC(=O)c1ccc(NCC(N)CS)cc1-c1ccccc1)C(C)CSC. The van der Waals surface area contributed by atoms with Gasteiger partial charge in [0, 0.05) is 29.6 Å². The highest BCUT2D eigenvalue weighted by molar-refractivity contribution is 7.98. The molecule has 2 unspecified atom stereocenters. The lowest BCUT2D eigenvalue weighted by atomic mass is 9.97. The number of carbonyl (C=O) groups excluding carboxylic acids is 2. The maximum atomic E-state index is 13.2. The van der Waals surface area contributed by atoms with Crippen molar-refractivity contribution in [3.63, 3.8) is 0 Å². The monoisotopic (exact) mass is 461 g/mol. The first kappa shape index (κ1) is 25.1. The van der Waals surface area contributed by atoms with E-state index in [-0.39, 0.29) is 17.9 Å². The van der Waals surface area contributed by atoms with Crippen LogP contribution in [0.4, 0.5) is 5.69 Å². The Bertz CT molecular complexity index is 864. The van der Waals surface area contributed by atoms with Gasteiger partial charge in [-0.2, -0.15) is 24.4 Å². The van der Waals surface area contributed by atoms with Gasteiger partial charge in [0.25, 0.3) is 5.91 Å². The summed E-state index contributed by atoms with van der Waals surface area (Å²) in [5, 5.41) is 6.17. The Balaban J connectivity index is 2.36. The minimum Gasteiger partial charge on any atom is -0.467 e. The second-order valence-electron chi connectivity index (χ2n) is 7.36. The molecule has 0 aliphatic rings. The van der Waals surface area contributed by atoms with Crippen molar-refractivity contribution in [3.05, 3.63) is 54.1 Å². The van der Waals surface area contributed by atoms with E-state index < -0.39 is 12.0 Å². The molecule has 3 atom stereocenters. The topological polar surface area (TPSA) is 93.4 Å². The van der Waals surface area contributed by atoms with Gasteiger partial charge in [0.05, 0.1) is 7.11 Å². The van der Waals surface area contributed by atoms with Gasteiger partial charge in [0.2, 0.25) is 0 Å². The van der Waals surface area contributed by atoms with Crippen LogP contribution in [-0.2, 0) is 9.53 Å². The molecule has 0 spiro atoms. The van der Waals surface area contributed by atoms with Crippen molar-refractivity contribution in [3.8, 4) is 11.1 Å². The first-order valence-corrected chi connectivity index (χ1v) is 12.1. The van der Waals surface area contributed by atoms with E-state index in [1.54, 1.807) is 17.8 Å². The van der Waals surface area contributed by atoms with Gasteiger partial charge in [-0.05, 0) is 47.3 Å².